The highest BCUT2D eigenvalue weighted by atomic mass is 16.1. The summed E-state index contributed by atoms with van der Waals surface area (Å²) in [5, 5.41) is 5.16. The van der Waals surface area contributed by atoms with Crippen molar-refractivity contribution in [1.29, 1.82) is 0 Å². The molecule has 4 rings (SSSR count). The molecule has 1 aromatic carbocycles. The Morgan fingerprint density at radius 2 is 1.86 bits per heavy atom. The monoisotopic (exact) mass is 273 g/mol. The highest BCUT2D eigenvalue weighted by Crippen LogP contribution is 2.18. The standard InChI is InChI=1S/C17H11N3O/c21-17(14-11-19-20-8-4-3-7-16(14)20)13-9-12-5-1-2-6-15(12)18-10-13/h1-11H. The predicted molar refractivity (Wildman–Crippen MR) is 80.4 cm³/mol. The molecule has 0 atom stereocenters. The molecule has 3 heterocycles. The van der Waals surface area contributed by atoms with Gasteiger partial charge in [-0.2, -0.15) is 5.10 Å². The number of aromatic nitrogens is 3. The molecule has 4 aromatic rings. The van der Waals surface area contributed by atoms with E-state index in [0.29, 0.717) is 11.1 Å². The summed E-state index contributed by atoms with van der Waals surface area (Å²) in [5.41, 5.74) is 2.85. The second kappa shape index (κ2) is 4.52. The summed E-state index contributed by atoms with van der Waals surface area (Å²) in [7, 11) is 0. The molecular weight excluding hydrogens is 262 g/mol. The van der Waals surface area contributed by atoms with Crippen LogP contribution in [0, 0.1) is 0 Å². The van der Waals surface area contributed by atoms with Crippen molar-refractivity contribution in [2.24, 2.45) is 0 Å². The van der Waals surface area contributed by atoms with Crippen molar-refractivity contribution in [2.75, 3.05) is 0 Å². The number of benzene rings is 1. The predicted octanol–water partition coefficient (Wildman–Crippen LogP) is 3.11. The molecule has 0 saturated heterocycles. The van der Waals surface area contributed by atoms with E-state index in [1.807, 2.05) is 54.7 Å². The fraction of sp³-hybridized carbons (Fsp3) is 0. The van der Waals surface area contributed by atoms with Gasteiger partial charge in [0.2, 0.25) is 0 Å². The lowest BCUT2D eigenvalue weighted by atomic mass is 10.0. The van der Waals surface area contributed by atoms with E-state index in [2.05, 4.69) is 10.1 Å². The van der Waals surface area contributed by atoms with Crippen LogP contribution in [-0.2, 0) is 0 Å². The first-order valence-electron chi connectivity index (χ1n) is 6.65. The van der Waals surface area contributed by atoms with Crippen LogP contribution >= 0.6 is 0 Å². The van der Waals surface area contributed by atoms with Crippen LogP contribution in [0.4, 0.5) is 0 Å². The molecule has 4 nitrogen and oxygen atoms in total. The van der Waals surface area contributed by atoms with E-state index >= 15 is 0 Å². The van der Waals surface area contributed by atoms with Gasteiger partial charge in [0, 0.05) is 23.3 Å². The van der Waals surface area contributed by atoms with Gasteiger partial charge in [0.25, 0.3) is 0 Å². The molecular formula is C17H11N3O. The van der Waals surface area contributed by atoms with Crippen molar-refractivity contribution in [2.45, 2.75) is 0 Å². The molecule has 0 bridgehead atoms. The van der Waals surface area contributed by atoms with Gasteiger partial charge < -0.3 is 0 Å². The second-order valence-corrected chi connectivity index (χ2v) is 4.83. The van der Waals surface area contributed by atoms with Gasteiger partial charge in [-0.3, -0.25) is 9.78 Å². The number of fused-ring (bicyclic) bond motifs is 2. The Morgan fingerprint density at radius 1 is 1.00 bits per heavy atom. The average Bonchev–Trinajstić information content (AvgIpc) is 2.98. The number of hydrogen-bond donors (Lipinski definition) is 0. The van der Waals surface area contributed by atoms with Crippen LogP contribution < -0.4 is 0 Å². The van der Waals surface area contributed by atoms with E-state index in [9.17, 15) is 4.79 Å². The Morgan fingerprint density at radius 3 is 2.81 bits per heavy atom. The first-order chi connectivity index (χ1) is 10.3. The lowest BCUT2D eigenvalue weighted by Gasteiger charge is -2.02. The zero-order valence-corrected chi connectivity index (χ0v) is 11.1. The molecule has 100 valence electrons. The Bertz CT molecular complexity index is 972. The van der Waals surface area contributed by atoms with Gasteiger partial charge in [-0.05, 0) is 24.3 Å². The maximum Gasteiger partial charge on any atom is 0.198 e. The molecule has 0 fully saturated rings. The fourth-order valence-electron chi connectivity index (χ4n) is 2.46. The third kappa shape index (κ3) is 1.89. The number of hydrogen-bond acceptors (Lipinski definition) is 3. The van der Waals surface area contributed by atoms with Gasteiger partial charge in [0.15, 0.2) is 5.78 Å². The first-order valence-corrected chi connectivity index (χ1v) is 6.65. The third-order valence-corrected chi connectivity index (χ3v) is 3.52. The lowest BCUT2D eigenvalue weighted by Crippen LogP contribution is -2.01. The van der Waals surface area contributed by atoms with E-state index < -0.39 is 0 Å². The molecule has 0 aliphatic heterocycles. The molecule has 0 aliphatic rings. The van der Waals surface area contributed by atoms with Crippen LogP contribution in [0.25, 0.3) is 16.4 Å². The quantitative estimate of drug-likeness (QED) is 0.527. The minimum Gasteiger partial charge on any atom is -0.288 e. The van der Waals surface area contributed by atoms with Crippen molar-refractivity contribution < 1.29 is 4.79 Å². The zero-order chi connectivity index (χ0) is 14.2. The van der Waals surface area contributed by atoms with Crippen LogP contribution in [-0.4, -0.2) is 20.4 Å². The van der Waals surface area contributed by atoms with Crippen LogP contribution in [0.5, 0.6) is 0 Å². The summed E-state index contributed by atoms with van der Waals surface area (Å²) in [6.45, 7) is 0. The maximum atomic E-state index is 12.7. The minimum atomic E-state index is -0.0607. The Balaban J connectivity index is 1.86. The van der Waals surface area contributed by atoms with Crippen LogP contribution in [0.3, 0.4) is 0 Å². The van der Waals surface area contributed by atoms with E-state index in [4.69, 9.17) is 0 Å². The minimum absolute atomic E-state index is 0.0607. The maximum absolute atomic E-state index is 12.7. The highest BCUT2D eigenvalue weighted by molar-refractivity contribution is 6.13. The number of pyridine rings is 2. The van der Waals surface area contributed by atoms with Gasteiger partial charge in [-0.1, -0.05) is 24.3 Å². The Labute approximate surface area is 120 Å². The van der Waals surface area contributed by atoms with Crippen LogP contribution in [0.2, 0.25) is 0 Å². The largest absolute Gasteiger partial charge is 0.288 e. The van der Waals surface area contributed by atoms with E-state index in [1.165, 1.54) is 0 Å². The van der Waals surface area contributed by atoms with Gasteiger partial charge >= 0.3 is 0 Å². The zero-order valence-electron chi connectivity index (χ0n) is 11.1. The SMILES string of the molecule is O=C(c1cnc2ccccc2c1)c1cnn2ccccc12. The number of rotatable bonds is 2. The fourth-order valence-corrected chi connectivity index (χ4v) is 2.46. The number of carbonyl (C=O) groups is 1. The highest BCUT2D eigenvalue weighted by Gasteiger charge is 2.15. The van der Waals surface area contributed by atoms with Gasteiger partial charge in [0.05, 0.1) is 22.8 Å². The molecule has 0 radical (unpaired) electrons. The first kappa shape index (κ1) is 11.8. The van der Waals surface area contributed by atoms with Crippen LogP contribution in [0.1, 0.15) is 15.9 Å². The molecule has 0 N–H and O–H groups in total. The molecule has 0 amide bonds. The van der Waals surface area contributed by atoms with Gasteiger partial charge in [-0.15, -0.1) is 0 Å². The van der Waals surface area contributed by atoms with Gasteiger partial charge in [-0.25, -0.2) is 4.52 Å². The number of ketones is 1. The summed E-state index contributed by atoms with van der Waals surface area (Å²) < 4.78 is 1.70. The summed E-state index contributed by atoms with van der Waals surface area (Å²) >= 11 is 0. The summed E-state index contributed by atoms with van der Waals surface area (Å²) in [4.78, 5) is 17.0. The number of nitrogens with zero attached hydrogens (tertiary/aromatic N) is 3. The third-order valence-electron chi connectivity index (χ3n) is 3.52. The molecule has 21 heavy (non-hydrogen) atoms. The van der Waals surface area contributed by atoms with Crippen molar-refractivity contribution in [3.8, 4) is 0 Å². The Kier molecular flexibility index (Phi) is 2.54. The summed E-state index contributed by atoms with van der Waals surface area (Å²) in [6, 6.07) is 15.3. The topological polar surface area (TPSA) is 47.3 Å². The summed E-state index contributed by atoms with van der Waals surface area (Å²) in [6.07, 6.45) is 5.05. The van der Waals surface area contributed by atoms with Crippen molar-refractivity contribution in [1.82, 2.24) is 14.6 Å². The molecule has 0 spiro atoms. The van der Waals surface area contributed by atoms with Crippen molar-refractivity contribution >= 4 is 22.2 Å². The summed E-state index contributed by atoms with van der Waals surface area (Å²) in [5.74, 6) is -0.0607. The van der Waals surface area contributed by atoms with Crippen molar-refractivity contribution in [3.63, 3.8) is 0 Å². The molecule has 0 saturated carbocycles. The van der Waals surface area contributed by atoms with E-state index in [0.717, 1.165) is 16.4 Å². The molecule has 0 aliphatic carbocycles. The second-order valence-electron chi connectivity index (χ2n) is 4.83. The molecule has 4 heteroatoms. The average molecular weight is 273 g/mol. The number of para-hydroxylation sites is 1. The van der Waals surface area contributed by atoms with Crippen LogP contribution in [0.15, 0.2) is 67.1 Å². The number of carbonyl (C=O) groups excluding carboxylic acids is 1. The normalized spacial score (nSPS) is 11.0. The van der Waals surface area contributed by atoms with E-state index in [-0.39, 0.29) is 5.78 Å². The van der Waals surface area contributed by atoms with Crippen molar-refractivity contribution in [3.05, 3.63) is 78.2 Å². The Hall–Kier alpha value is -3.01. The van der Waals surface area contributed by atoms with E-state index in [1.54, 1.807) is 16.9 Å². The molecule has 0 unspecified atom stereocenters. The lowest BCUT2D eigenvalue weighted by molar-refractivity contribution is 0.104. The van der Waals surface area contributed by atoms with Gasteiger partial charge in [0.1, 0.15) is 0 Å². The smallest absolute Gasteiger partial charge is 0.198 e. The molecule has 3 aromatic heterocycles.